The second kappa shape index (κ2) is 22.9. The Bertz CT molecular complexity index is 2800. The van der Waals surface area contributed by atoms with Crippen LogP contribution in [0.1, 0.15) is 108 Å². The second-order valence-electron chi connectivity index (χ2n) is 18.2. The molecule has 8 N–H and O–H groups in total. The second-order valence-corrected chi connectivity index (χ2v) is 21.0. The van der Waals surface area contributed by atoms with Crippen molar-refractivity contribution >= 4 is 80.5 Å². The number of carboxylic acid groups (broad SMARTS) is 1. The molecule has 0 saturated carbocycles. The Kier molecular flexibility index (Phi) is 17.0. The number of anilines is 3. The summed E-state index contributed by atoms with van der Waals surface area (Å²) in [5.41, 5.74) is 15.8. The highest BCUT2D eigenvalue weighted by Gasteiger charge is 2.35. The molecule has 17 heteroatoms. The van der Waals surface area contributed by atoms with Crippen LogP contribution < -0.4 is 36.3 Å². The van der Waals surface area contributed by atoms with Crippen molar-refractivity contribution in [2.75, 3.05) is 42.9 Å². The van der Waals surface area contributed by atoms with Crippen LogP contribution in [-0.2, 0) is 22.6 Å². The lowest BCUT2D eigenvalue weighted by Gasteiger charge is -2.25. The van der Waals surface area contributed by atoms with E-state index in [9.17, 15) is 20.1 Å². The van der Waals surface area contributed by atoms with Crippen LogP contribution in [0.15, 0.2) is 82.7 Å². The number of aryl methyl sites for hydroxylation is 3. The maximum Gasteiger partial charge on any atom is 0.304 e. The molecule has 1 aromatic heterocycles. The average Bonchev–Trinajstić information content (AvgIpc) is 3.41. The predicted molar refractivity (Wildman–Crippen MR) is 286 cm³/mol. The number of methoxy groups -OCH3 is 1. The Labute approximate surface area is 424 Å². The summed E-state index contributed by atoms with van der Waals surface area (Å²) in [6, 6.07) is 22.9. The van der Waals surface area contributed by atoms with E-state index < -0.39 is 17.9 Å². The number of thiophene rings is 1. The number of hydrogen-bond donors (Lipinski definition) is 6. The summed E-state index contributed by atoms with van der Waals surface area (Å²) in [5, 5.41) is 33.6. The van der Waals surface area contributed by atoms with Crippen LogP contribution in [0.2, 0.25) is 5.02 Å². The summed E-state index contributed by atoms with van der Waals surface area (Å²) < 4.78 is 14.4. The minimum atomic E-state index is -0.918. The normalized spacial score (nSPS) is 16.3. The van der Waals surface area contributed by atoms with Crippen molar-refractivity contribution < 1.29 is 24.2 Å². The molecule has 2 aliphatic rings. The van der Waals surface area contributed by atoms with E-state index in [4.69, 9.17) is 43.1 Å². The van der Waals surface area contributed by atoms with E-state index in [-0.39, 0.29) is 36.5 Å². The number of halogens is 1. The first-order valence-electron chi connectivity index (χ1n) is 23.6. The number of fused-ring (bicyclic) bond motifs is 2. The molecule has 1 amide bonds. The molecule has 14 nitrogen and oxygen atoms in total. The summed E-state index contributed by atoms with van der Waals surface area (Å²) >= 11 is 9.44. The van der Waals surface area contributed by atoms with Crippen LogP contribution in [0.3, 0.4) is 0 Å². The third kappa shape index (κ3) is 12.2. The van der Waals surface area contributed by atoms with E-state index in [1.54, 1.807) is 44.0 Å². The van der Waals surface area contributed by atoms with Gasteiger partial charge in [0.1, 0.15) is 46.0 Å². The van der Waals surface area contributed by atoms with Crippen LogP contribution >= 0.6 is 34.9 Å². The van der Waals surface area contributed by atoms with Crippen molar-refractivity contribution in [3.63, 3.8) is 0 Å². The lowest BCUT2D eigenvalue weighted by atomic mass is 9.86. The Balaban J connectivity index is 0.924. The van der Waals surface area contributed by atoms with E-state index in [1.807, 2.05) is 50.2 Å². The number of amides is 1. The smallest absolute Gasteiger partial charge is 0.304 e. The van der Waals surface area contributed by atoms with Gasteiger partial charge in [-0.3, -0.25) is 30.3 Å². The minimum absolute atomic E-state index is 0.000228. The lowest BCUT2D eigenvalue weighted by Crippen LogP contribution is -2.42. The van der Waals surface area contributed by atoms with Gasteiger partial charge in [0.2, 0.25) is 5.91 Å². The summed E-state index contributed by atoms with van der Waals surface area (Å²) in [7, 11) is 3.22. The van der Waals surface area contributed by atoms with Gasteiger partial charge in [0.25, 0.3) is 0 Å². The number of hydrazine groups is 1. The largest absolute Gasteiger partial charge is 0.494 e. The number of aliphatic imine (C=N–C) groups is 1. The van der Waals surface area contributed by atoms with Gasteiger partial charge in [-0.2, -0.15) is 0 Å². The fourth-order valence-electron chi connectivity index (χ4n) is 9.12. The molecule has 7 rings (SSSR count). The standard InChI is InChI=1S/C53H64ClN9O5S2/c1-30-13-15-37(41(26-48(65)66)38-24-42(56)51(61(6)58)45(25-38)67-7)23-39(30)29-62-28-31(2)68-44-22-35(14-20-46(44)70-62)12-10-8-9-11-21-59-47(64)27-43-52(57)63(34(5)55)53-49(32(3)33(4)69-53)50(60-43)36-16-18-40(54)19-17-36/h13-20,22-25,31,41,43,55,57H,8-12,21,26-29,56,58H2,1-7H3,(H,59,64)(H,65,66)/t31-,41?,43+/m1/s1. The number of nitrogen functional groups attached to an aromatic ring is 1. The van der Waals surface area contributed by atoms with Crippen molar-refractivity contribution in [3.8, 4) is 11.5 Å². The quantitative estimate of drug-likeness (QED) is 0.00926. The molecule has 370 valence electrons. The van der Waals surface area contributed by atoms with E-state index in [0.29, 0.717) is 47.5 Å². The summed E-state index contributed by atoms with van der Waals surface area (Å²) in [5.74, 6) is 6.13. The number of carbonyl (C=O) groups excluding carboxylic acids is 1. The number of nitrogens with two attached hydrogens (primary N) is 2. The number of carboxylic acids is 1. The fourth-order valence-corrected chi connectivity index (χ4v) is 11.6. The van der Waals surface area contributed by atoms with Gasteiger partial charge in [-0.15, -0.1) is 11.3 Å². The molecule has 0 spiro atoms. The molecule has 3 heterocycles. The molecule has 4 aromatic carbocycles. The molecule has 0 radical (unpaired) electrons. The van der Waals surface area contributed by atoms with Gasteiger partial charge in [0, 0.05) is 53.6 Å². The van der Waals surface area contributed by atoms with Gasteiger partial charge in [-0.05, 0) is 136 Å². The van der Waals surface area contributed by atoms with Crippen LogP contribution in [-0.4, -0.2) is 78.1 Å². The molecule has 0 aliphatic carbocycles. The van der Waals surface area contributed by atoms with Crippen LogP contribution in [0.25, 0.3) is 0 Å². The van der Waals surface area contributed by atoms with Crippen LogP contribution in [0, 0.1) is 31.6 Å². The van der Waals surface area contributed by atoms with E-state index in [0.717, 1.165) is 91.6 Å². The number of hydrogen-bond acceptors (Lipinski definition) is 13. The maximum absolute atomic E-state index is 13.4. The molecule has 70 heavy (non-hydrogen) atoms. The van der Waals surface area contributed by atoms with E-state index >= 15 is 0 Å². The lowest BCUT2D eigenvalue weighted by molar-refractivity contribution is -0.137. The highest BCUT2D eigenvalue weighted by molar-refractivity contribution is 7.97. The zero-order chi connectivity index (χ0) is 50.4. The number of unbranched alkanes of at least 4 members (excludes halogenated alkanes) is 3. The van der Waals surface area contributed by atoms with Gasteiger partial charge in [-0.1, -0.05) is 60.8 Å². The number of aliphatic carboxylic acids is 1. The van der Waals surface area contributed by atoms with Crippen molar-refractivity contribution in [3.05, 3.63) is 127 Å². The fraction of sp³-hybridized carbons (Fsp3) is 0.377. The first-order valence-corrected chi connectivity index (χ1v) is 25.5. The molecule has 5 aromatic rings. The highest BCUT2D eigenvalue weighted by atomic mass is 35.5. The first-order chi connectivity index (χ1) is 33.4. The minimum Gasteiger partial charge on any atom is -0.494 e. The molecule has 3 atom stereocenters. The number of amidine groups is 2. The maximum atomic E-state index is 13.4. The summed E-state index contributed by atoms with van der Waals surface area (Å²) in [6.07, 6.45) is 4.51. The highest BCUT2D eigenvalue weighted by Crippen LogP contribution is 2.43. The Morgan fingerprint density at radius 1 is 1.04 bits per heavy atom. The molecule has 0 saturated heterocycles. The number of ether oxygens (including phenoxy) is 2. The Morgan fingerprint density at radius 3 is 2.49 bits per heavy atom. The van der Waals surface area contributed by atoms with Crippen molar-refractivity contribution in [1.82, 2.24) is 9.62 Å². The molecular weight excluding hydrogens is 942 g/mol. The Hall–Kier alpha value is -5.91. The van der Waals surface area contributed by atoms with E-state index in [1.165, 1.54) is 21.9 Å². The first kappa shape index (κ1) is 51.9. The molecule has 1 unspecified atom stereocenters. The number of benzene rings is 4. The van der Waals surface area contributed by atoms with Crippen molar-refractivity contribution in [1.29, 1.82) is 10.8 Å². The number of nitrogens with zero attached hydrogens (tertiary/aromatic N) is 4. The van der Waals surface area contributed by atoms with Gasteiger partial charge in [0.15, 0.2) is 0 Å². The van der Waals surface area contributed by atoms with Crippen molar-refractivity contribution in [2.45, 2.75) is 109 Å². The zero-order valence-corrected chi connectivity index (χ0v) is 43.3. The number of carbonyl (C=O) groups is 2. The van der Waals surface area contributed by atoms with Gasteiger partial charge < -0.3 is 30.6 Å². The third-order valence-corrected chi connectivity index (χ3v) is 15.3. The monoisotopic (exact) mass is 1010 g/mol. The predicted octanol–water partition coefficient (Wildman–Crippen LogP) is 10.4. The Morgan fingerprint density at radius 2 is 1.79 bits per heavy atom. The SMILES string of the molecule is COc1cc(C(CC(=O)O)c2ccc(C)c(CN3C[C@@H](C)Oc4cc(CCCCCCNC(=O)C[C@@H]5N=C(c6ccc(Cl)cc6)c6c(sc(C)c6C)N(C(C)=N)C5=N)ccc4S3)c2)cc(N)c1N(C)N. The molecule has 0 fully saturated rings. The number of rotatable bonds is 18. The zero-order valence-electron chi connectivity index (χ0n) is 40.9. The van der Waals surface area contributed by atoms with Gasteiger partial charge in [0.05, 0.1) is 36.2 Å². The number of nitrogens with one attached hydrogen (secondary N) is 3. The van der Waals surface area contributed by atoms with E-state index in [2.05, 4.69) is 53.8 Å². The summed E-state index contributed by atoms with van der Waals surface area (Å²) in [6.45, 7) is 11.7. The van der Waals surface area contributed by atoms with Gasteiger partial charge in [-0.25, -0.2) is 10.1 Å². The van der Waals surface area contributed by atoms with Crippen LogP contribution in [0.5, 0.6) is 11.5 Å². The topological polar surface area (TPSA) is 207 Å². The van der Waals surface area contributed by atoms with Crippen LogP contribution in [0.4, 0.5) is 16.4 Å². The van der Waals surface area contributed by atoms with Crippen molar-refractivity contribution in [2.24, 2.45) is 10.8 Å². The average molecular weight is 1010 g/mol. The van der Waals surface area contributed by atoms with Gasteiger partial charge >= 0.3 is 5.97 Å². The third-order valence-electron chi connectivity index (χ3n) is 12.8. The molecular formula is C53H64ClN9O5S2. The summed E-state index contributed by atoms with van der Waals surface area (Å²) in [4.78, 5) is 34.4. The molecule has 0 bridgehead atoms. The molecule has 2 aliphatic heterocycles.